The Labute approximate surface area is 171 Å². The topological polar surface area (TPSA) is 54.2 Å². The Kier molecular flexibility index (Phi) is 6.62. The highest BCUT2D eigenvalue weighted by Crippen LogP contribution is 2.19. The number of rotatable bonds is 7. The fourth-order valence-corrected chi connectivity index (χ4v) is 3.09. The maximum atomic E-state index is 4.46. The number of aliphatic imine (C=N–C) groups is 1. The van der Waals surface area contributed by atoms with E-state index in [2.05, 4.69) is 81.7 Å². The van der Waals surface area contributed by atoms with Gasteiger partial charge in [0, 0.05) is 31.4 Å². The molecule has 5 nitrogen and oxygen atoms in total. The number of hydrogen-bond acceptors (Lipinski definition) is 3. The van der Waals surface area contributed by atoms with Crippen LogP contribution in [0.15, 0.2) is 59.9 Å². The van der Waals surface area contributed by atoms with E-state index in [0.717, 1.165) is 36.6 Å². The maximum Gasteiger partial charge on any atom is 0.191 e. The molecule has 0 fully saturated rings. The number of fused-ring (bicyclic) bond motifs is 1. The lowest BCUT2D eigenvalue weighted by molar-refractivity contribution is 0.664. The Morgan fingerprint density at radius 1 is 1.07 bits per heavy atom. The van der Waals surface area contributed by atoms with E-state index in [1.54, 1.807) is 7.05 Å². The van der Waals surface area contributed by atoms with Crippen LogP contribution in [0.25, 0.3) is 11.0 Å². The molecule has 0 aliphatic carbocycles. The van der Waals surface area contributed by atoms with E-state index in [4.69, 9.17) is 0 Å². The van der Waals surface area contributed by atoms with Crippen LogP contribution in [0.3, 0.4) is 0 Å². The number of hydrogen-bond donors (Lipinski definition) is 2. The van der Waals surface area contributed by atoms with Gasteiger partial charge in [-0.25, -0.2) is 4.98 Å². The molecule has 6 heteroatoms. The summed E-state index contributed by atoms with van der Waals surface area (Å²) in [4.78, 5) is 8.77. The largest absolute Gasteiger partial charge is 0.355 e. The van der Waals surface area contributed by atoms with Gasteiger partial charge < -0.3 is 15.2 Å². The molecule has 1 aromatic heterocycles. The minimum atomic E-state index is 0.177. The molecule has 0 spiro atoms. The van der Waals surface area contributed by atoms with E-state index in [9.17, 15) is 0 Å². The number of benzene rings is 2. The van der Waals surface area contributed by atoms with Crippen LogP contribution >= 0.6 is 11.8 Å². The van der Waals surface area contributed by atoms with E-state index >= 15 is 0 Å². The second-order valence-electron chi connectivity index (χ2n) is 7.42. The van der Waals surface area contributed by atoms with Gasteiger partial charge in [-0.05, 0) is 43.4 Å². The van der Waals surface area contributed by atoms with Gasteiger partial charge in [-0.2, -0.15) is 11.8 Å². The van der Waals surface area contributed by atoms with Crippen LogP contribution in [-0.2, 0) is 13.1 Å². The highest BCUT2D eigenvalue weighted by molar-refractivity contribution is 7.99. The normalized spacial score (nSPS) is 12.4. The Hall–Kier alpha value is -2.47. The first-order chi connectivity index (χ1) is 13.5. The zero-order valence-corrected chi connectivity index (χ0v) is 17.9. The average Bonchev–Trinajstić information content (AvgIpc) is 3.12. The fraction of sp³-hybridized carbons (Fsp3) is 0.364. The Morgan fingerprint density at radius 3 is 2.50 bits per heavy atom. The predicted molar refractivity (Wildman–Crippen MR) is 121 cm³/mol. The minimum Gasteiger partial charge on any atom is -0.355 e. The van der Waals surface area contributed by atoms with E-state index in [1.807, 2.05) is 30.2 Å². The van der Waals surface area contributed by atoms with Gasteiger partial charge in [0.1, 0.15) is 0 Å². The summed E-state index contributed by atoms with van der Waals surface area (Å²) in [5.41, 5.74) is 4.69. The molecule has 0 saturated carbocycles. The van der Waals surface area contributed by atoms with Crippen LogP contribution in [0.5, 0.6) is 0 Å². The zero-order chi connectivity index (χ0) is 20.0. The van der Waals surface area contributed by atoms with Gasteiger partial charge >= 0.3 is 0 Å². The van der Waals surface area contributed by atoms with Crippen molar-refractivity contribution in [3.8, 4) is 0 Å². The molecule has 0 unspecified atom stereocenters. The molecule has 0 atom stereocenters. The lowest BCUT2D eigenvalue weighted by atomic mass is 10.1. The molecular formula is C22H29N5S. The van der Waals surface area contributed by atoms with Crippen molar-refractivity contribution in [2.24, 2.45) is 4.99 Å². The van der Waals surface area contributed by atoms with Crippen LogP contribution in [-0.4, -0.2) is 40.1 Å². The standard InChI is InChI=1S/C22H29N5S/c1-22(2,28-4)15-25-21(23-3)24-13-17-9-11-18(12-10-17)14-27-16-26-19-7-5-6-8-20(19)27/h5-12,16H,13-15H2,1-4H3,(H2,23,24,25). The van der Waals surface area contributed by atoms with Crippen molar-refractivity contribution in [2.45, 2.75) is 31.7 Å². The van der Waals surface area contributed by atoms with Crippen LogP contribution in [0.2, 0.25) is 0 Å². The molecule has 3 aromatic rings. The van der Waals surface area contributed by atoms with E-state index < -0.39 is 0 Å². The maximum absolute atomic E-state index is 4.46. The molecule has 0 radical (unpaired) electrons. The highest BCUT2D eigenvalue weighted by Gasteiger charge is 2.16. The summed E-state index contributed by atoms with van der Waals surface area (Å²) >= 11 is 1.85. The number of aromatic nitrogens is 2. The van der Waals surface area contributed by atoms with Gasteiger partial charge in [0.05, 0.1) is 17.4 Å². The van der Waals surface area contributed by atoms with Crippen molar-refractivity contribution in [1.29, 1.82) is 0 Å². The molecule has 0 amide bonds. The molecule has 28 heavy (non-hydrogen) atoms. The van der Waals surface area contributed by atoms with E-state index in [1.165, 1.54) is 11.1 Å². The Morgan fingerprint density at radius 2 is 1.79 bits per heavy atom. The lowest BCUT2D eigenvalue weighted by Crippen LogP contribution is -2.42. The summed E-state index contributed by atoms with van der Waals surface area (Å²) in [6.45, 7) is 6.88. The van der Waals surface area contributed by atoms with Crippen molar-refractivity contribution < 1.29 is 0 Å². The molecule has 0 aliphatic heterocycles. The number of thioether (sulfide) groups is 1. The number of para-hydroxylation sites is 2. The monoisotopic (exact) mass is 395 g/mol. The van der Waals surface area contributed by atoms with Crippen molar-refractivity contribution in [3.05, 3.63) is 66.0 Å². The third kappa shape index (κ3) is 5.29. The summed E-state index contributed by atoms with van der Waals surface area (Å²) in [5.74, 6) is 0.830. The molecule has 2 aromatic carbocycles. The second-order valence-corrected chi connectivity index (χ2v) is 8.93. The molecule has 148 valence electrons. The fourth-order valence-electron chi connectivity index (χ4n) is 2.87. The second kappa shape index (κ2) is 9.15. The SMILES string of the molecule is CN=C(NCc1ccc(Cn2cnc3ccccc32)cc1)NCC(C)(C)SC. The summed E-state index contributed by atoms with van der Waals surface area (Å²) < 4.78 is 2.36. The Balaban J connectivity index is 1.55. The van der Waals surface area contributed by atoms with Gasteiger partial charge in [0.2, 0.25) is 0 Å². The number of guanidine groups is 1. The smallest absolute Gasteiger partial charge is 0.191 e. The van der Waals surface area contributed by atoms with Gasteiger partial charge in [-0.15, -0.1) is 0 Å². The van der Waals surface area contributed by atoms with Gasteiger partial charge in [-0.3, -0.25) is 4.99 Å². The van der Waals surface area contributed by atoms with Crippen LogP contribution in [0.1, 0.15) is 25.0 Å². The van der Waals surface area contributed by atoms with Crippen molar-refractivity contribution >= 4 is 28.8 Å². The molecule has 2 N–H and O–H groups in total. The van der Waals surface area contributed by atoms with Gasteiger partial charge in [0.25, 0.3) is 0 Å². The summed E-state index contributed by atoms with van der Waals surface area (Å²) in [5, 5.41) is 6.78. The van der Waals surface area contributed by atoms with Crippen molar-refractivity contribution in [3.63, 3.8) is 0 Å². The first-order valence-corrected chi connectivity index (χ1v) is 10.7. The van der Waals surface area contributed by atoms with E-state index in [0.29, 0.717) is 0 Å². The molecule has 0 saturated heterocycles. The van der Waals surface area contributed by atoms with Crippen molar-refractivity contribution in [2.75, 3.05) is 19.8 Å². The average molecular weight is 396 g/mol. The summed E-state index contributed by atoms with van der Waals surface area (Å²) in [6.07, 6.45) is 4.04. The molecular weight excluding hydrogens is 366 g/mol. The summed E-state index contributed by atoms with van der Waals surface area (Å²) in [6, 6.07) is 16.9. The highest BCUT2D eigenvalue weighted by atomic mass is 32.2. The Bertz CT molecular complexity index is 928. The quantitative estimate of drug-likeness (QED) is 0.471. The molecule has 0 bridgehead atoms. The first kappa shape index (κ1) is 20.3. The number of imidazole rings is 1. The lowest BCUT2D eigenvalue weighted by Gasteiger charge is -2.23. The van der Waals surface area contributed by atoms with Crippen LogP contribution in [0.4, 0.5) is 0 Å². The van der Waals surface area contributed by atoms with Gasteiger partial charge in [0.15, 0.2) is 5.96 Å². The van der Waals surface area contributed by atoms with Crippen LogP contribution < -0.4 is 10.6 Å². The first-order valence-electron chi connectivity index (χ1n) is 9.48. The van der Waals surface area contributed by atoms with Gasteiger partial charge in [-0.1, -0.05) is 36.4 Å². The molecule has 1 heterocycles. The summed E-state index contributed by atoms with van der Waals surface area (Å²) in [7, 11) is 1.81. The number of nitrogens with one attached hydrogen (secondary N) is 2. The third-order valence-electron chi connectivity index (χ3n) is 4.82. The van der Waals surface area contributed by atoms with E-state index in [-0.39, 0.29) is 4.75 Å². The zero-order valence-electron chi connectivity index (χ0n) is 17.1. The molecule has 0 aliphatic rings. The van der Waals surface area contributed by atoms with Crippen molar-refractivity contribution in [1.82, 2.24) is 20.2 Å². The minimum absolute atomic E-state index is 0.177. The number of nitrogens with zero attached hydrogens (tertiary/aromatic N) is 3. The molecule has 3 rings (SSSR count). The predicted octanol–water partition coefficient (Wildman–Crippen LogP) is 3.89. The van der Waals surface area contributed by atoms with Crippen LogP contribution in [0, 0.1) is 0 Å². The third-order valence-corrected chi connectivity index (χ3v) is 6.07.